The van der Waals surface area contributed by atoms with Crippen molar-refractivity contribution in [2.75, 3.05) is 39.3 Å². The molecule has 1 saturated heterocycles. The standard InChI is InChI=1S/C24H34N4O3/c1-24(2,3)31-23(30)27-17-15-26(16-18-27)13-8-12-25-22(29)21-11-7-14-28(21)19-20-9-5-4-6-10-20/h4-7,9-11,14H,8,12-13,15-19H2,1-3H3,(H,25,29). The molecule has 3 rings (SSSR count). The third-order valence-electron chi connectivity index (χ3n) is 5.22. The van der Waals surface area contributed by atoms with Gasteiger partial charge in [0.05, 0.1) is 0 Å². The van der Waals surface area contributed by atoms with E-state index < -0.39 is 5.60 Å². The average molecular weight is 427 g/mol. The van der Waals surface area contributed by atoms with Gasteiger partial charge in [0.2, 0.25) is 0 Å². The van der Waals surface area contributed by atoms with Crippen molar-refractivity contribution in [1.29, 1.82) is 0 Å². The highest BCUT2D eigenvalue weighted by Gasteiger charge is 2.25. The molecular formula is C24H34N4O3. The van der Waals surface area contributed by atoms with Crippen molar-refractivity contribution in [3.63, 3.8) is 0 Å². The first-order chi connectivity index (χ1) is 14.8. The van der Waals surface area contributed by atoms with Gasteiger partial charge in [0.1, 0.15) is 11.3 Å². The lowest BCUT2D eigenvalue weighted by Gasteiger charge is -2.35. The summed E-state index contributed by atoms with van der Waals surface area (Å²) < 4.78 is 7.41. The first-order valence-corrected chi connectivity index (χ1v) is 11.0. The van der Waals surface area contributed by atoms with Gasteiger partial charge in [-0.05, 0) is 51.4 Å². The molecule has 0 saturated carbocycles. The number of nitrogens with one attached hydrogen (secondary N) is 1. The molecule has 0 bridgehead atoms. The predicted octanol–water partition coefficient (Wildman–Crippen LogP) is 3.21. The molecular weight excluding hydrogens is 392 g/mol. The van der Waals surface area contributed by atoms with E-state index in [4.69, 9.17) is 4.74 Å². The van der Waals surface area contributed by atoms with E-state index in [0.717, 1.165) is 26.1 Å². The number of amides is 2. The highest BCUT2D eigenvalue weighted by atomic mass is 16.6. The number of carbonyl (C=O) groups is 2. The van der Waals surface area contributed by atoms with E-state index in [0.29, 0.717) is 31.9 Å². The van der Waals surface area contributed by atoms with Gasteiger partial charge in [-0.1, -0.05) is 30.3 Å². The highest BCUT2D eigenvalue weighted by molar-refractivity contribution is 5.92. The minimum atomic E-state index is -0.465. The first-order valence-electron chi connectivity index (χ1n) is 11.0. The fraction of sp³-hybridized carbons (Fsp3) is 0.500. The number of piperazine rings is 1. The minimum absolute atomic E-state index is 0.0457. The quantitative estimate of drug-likeness (QED) is 0.691. The van der Waals surface area contributed by atoms with Gasteiger partial charge >= 0.3 is 6.09 Å². The van der Waals surface area contributed by atoms with E-state index in [1.54, 1.807) is 4.90 Å². The topological polar surface area (TPSA) is 66.8 Å². The molecule has 0 radical (unpaired) electrons. The van der Waals surface area contributed by atoms with Gasteiger partial charge in [-0.3, -0.25) is 9.69 Å². The van der Waals surface area contributed by atoms with E-state index in [2.05, 4.69) is 22.3 Å². The Balaban J connectivity index is 1.36. The van der Waals surface area contributed by atoms with Gasteiger partial charge in [-0.2, -0.15) is 0 Å². The summed E-state index contributed by atoms with van der Waals surface area (Å²) in [5, 5.41) is 3.03. The van der Waals surface area contributed by atoms with Gasteiger partial charge in [0.15, 0.2) is 0 Å². The molecule has 1 aliphatic heterocycles. The monoisotopic (exact) mass is 426 g/mol. The Kier molecular flexibility index (Phi) is 7.74. The van der Waals surface area contributed by atoms with Gasteiger partial charge < -0.3 is 19.5 Å². The maximum Gasteiger partial charge on any atom is 0.410 e. The second-order valence-electron chi connectivity index (χ2n) is 8.93. The van der Waals surface area contributed by atoms with E-state index in [1.807, 2.05) is 61.9 Å². The van der Waals surface area contributed by atoms with Gasteiger partial charge in [-0.25, -0.2) is 4.79 Å². The Hall–Kier alpha value is -2.80. The van der Waals surface area contributed by atoms with E-state index in [-0.39, 0.29) is 12.0 Å². The molecule has 0 spiro atoms. The summed E-state index contributed by atoms with van der Waals surface area (Å²) in [5.41, 5.74) is 1.38. The third-order valence-corrected chi connectivity index (χ3v) is 5.22. The van der Waals surface area contributed by atoms with E-state index >= 15 is 0 Å². The number of rotatable bonds is 7. The van der Waals surface area contributed by atoms with Crippen molar-refractivity contribution < 1.29 is 14.3 Å². The lowest BCUT2D eigenvalue weighted by atomic mass is 10.2. The SMILES string of the molecule is CC(C)(C)OC(=O)N1CCN(CCCNC(=O)c2cccn2Cc2ccccc2)CC1. The molecule has 2 aromatic rings. The predicted molar refractivity (Wildman–Crippen MR) is 121 cm³/mol. The van der Waals surface area contributed by atoms with Crippen LogP contribution in [0.3, 0.4) is 0 Å². The molecule has 0 unspecified atom stereocenters. The van der Waals surface area contributed by atoms with Crippen molar-refractivity contribution in [3.05, 3.63) is 59.9 Å². The van der Waals surface area contributed by atoms with Crippen molar-refractivity contribution in [3.8, 4) is 0 Å². The summed E-state index contributed by atoms with van der Waals surface area (Å²) in [5.74, 6) is -0.0457. The third kappa shape index (κ3) is 7.14. The molecule has 1 aromatic heterocycles. The second kappa shape index (κ2) is 10.5. The van der Waals surface area contributed by atoms with E-state index in [9.17, 15) is 9.59 Å². The number of hydrogen-bond acceptors (Lipinski definition) is 4. The fourth-order valence-corrected chi connectivity index (χ4v) is 3.61. The summed E-state index contributed by atoms with van der Waals surface area (Å²) in [6, 6.07) is 13.9. The normalized spacial score (nSPS) is 15.0. The minimum Gasteiger partial charge on any atom is -0.444 e. The first kappa shape index (κ1) is 22.9. The van der Waals surface area contributed by atoms with Crippen molar-refractivity contribution in [2.45, 2.75) is 39.3 Å². The largest absolute Gasteiger partial charge is 0.444 e. The molecule has 2 heterocycles. The zero-order valence-corrected chi connectivity index (χ0v) is 18.8. The number of carbonyl (C=O) groups excluding carboxylic acids is 2. The molecule has 0 atom stereocenters. The van der Waals surface area contributed by atoms with Crippen LogP contribution in [0.15, 0.2) is 48.7 Å². The lowest BCUT2D eigenvalue weighted by Crippen LogP contribution is -2.50. The van der Waals surface area contributed by atoms with Crippen LogP contribution in [0.25, 0.3) is 0 Å². The van der Waals surface area contributed by atoms with Crippen LogP contribution in [-0.4, -0.2) is 71.2 Å². The van der Waals surface area contributed by atoms with Crippen molar-refractivity contribution >= 4 is 12.0 Å². The van der Waals surface area contributed by atoms with Crippen LogP contribution in [0, 0.1) is 0 Å². The highest BCUT2D eigenvalue weighted by Crippen LogP contribution is 2.12. The maximum absolute atomic E-state index is 12.6. The molecule has 7 heteroatoms. The molecule has 7 nitrogen and oxygen atoms in total. The summed E-state index contributed by atoms with van der Waals surface area (Å²) >= 11 is 0. The summed E-state index contributed by atoms with van der Waals surface area (Å²) in [6.07, 6.45) is 2.57. The Labute approximate surface area is 185 Å². The van der Waals surface area contributed by atoms with Crippen molar-refractivity contribution in [1.82, 2.24) is 19.7 Å². The summed E-state index contributed by atoms with van der Waals surface area (Å²) in [7, 11) is 0. The molecule has 31 heavy (non-hydrogen) atoms. The molecule has 2 amide bonds. The molecule has 1 aliphatic rings. The lowest BCUT2D eigenvalue weighted by molar-refractivity contribution is 0.0144. The summed E-state index contributed by atoms with van der Waals surface area (Å²) in [6.45, 7) is 10.9. The van der Waals surface area contributed by atoms with Crippen LogP contribution >= 0.6 is 0 Å². The Morgan fingerprint density at radius 3 is 2.39 bits per heavy atom. The number of ether oxygens (including phenoxy) is 1. The number of hydrogen-bond donors (Lipinski definition) is 1. The molecule has 1 N–H and O–H groups in total. The van der Waals surface area contributed by atoms with Crippen LogP contribution < -0.4 is 5.32 Å². The zero-order chi connectivity index (χ0) is 22.3. The Morgan fingerprint density at radius 1 is 1.00 bits per heavy atom. The molecule has 0 aliphatic carbocycles. The second-order valence-corrected chi connectivity index (χ2v) is 8.93. The number of nitrogens with zero attached hydrogens (tertiary/aromatic N) is 3. The maximum atomic E-state index is 12.6. The smallest absolute Gasteiger partial charge is 0.410 e. The fourth-order valence-electron chi connectivity index (χ4n) is 3.61. The van der Waals surface area contributed by atoms with Gasteiger partial charge in [0.25, 0.3) is 5.91 Å². The Morgan fingerprint density at radius 2 is 1.71 bits per heavy atom. The van der Waals surface area contributed by atoms with Crippen LogP contribution in [0.1, 0.15) is 43.2 Å². The number of benzene rings is 1. The van der Waals surface area contributed by atoms with Crippen LogP contribution in [0.5, 0.6) is 0 Å². The van der Waals surface area contributed by atoms with Gasteiger partial charge in [-0.15, -0.1) is 0 Å². The molecule has 1 aromatic carbocycles. The molecule has 1 fully saturated rings. The van der Waals surface area contributed by atoms with Gasteiger partial charge in [0, 0.05) is 45.5 Å². The number of aromatic nitrogens is 1. The molecule has 168 valence electrons. The van der Waals surface area contributed by atoms with Crippen LogP contribution in [0.2, 0.25) is 0 Å². The van der Waals surface area contributed by atoms with Crippen LogP contribution in [-0.2, 0) is 11.3 Å². The van der Waals surface area contributed by atoms with Crippen LogP contribution in [0.4, 0.5) is 4.79 Å². The zero-order valence-electron chi connectivity index (χ0n) is 18.8. The summed E-state index contributed by atoms with van der Waals surface area (Å²) in [4.78, 5) is 28.8. The van der Waals surface area contributed by atoms with Crippen molar-refractivity contribution in [2.24, 2.45) is 0 Å². The Bertz CT molecular complexity index is 849. The van der Waals surface area contributed by atoms with E-state index in [1.165, 1.54) is 5.56 Å². The average Bonchev–Trinajstić information content (AvgIpc) is 3.19.